The summed E-state index contributed by atoms with van der Waals surface area (Å²) in [4.78, 5) is 23.4. The van der Waals surface area contributed by atoms with Crippen LogP contribution in [0.1, 0.15) is 67.4 Å². The van der Waals surface area contributed by atoms with Gasteiger partial charge in [0.15, 0.2) is 5.13 Å². The topological polar surface area (TPSA) is 83.8 Å². The van der Waals surface area contributed by atoms with Crippen molar-refractivity contribution >= 4 is 44.0 Å². The minimum absolute atomic E-state index is 0.0103. The SMILES string of the molecule is CO/N=C1\CC(CCC(=O)Nc2ncc(C)s2)C2C3CCc4cc(O)c(Br)cc4C3CCC12C. The molecule has 5 unspecified atom stereocenters. The lowest BCUT2D eigenvalue weighted by molar-refractivity contribution is -0.116. The first-order valence-electron chi connectivity index (χ1n) is 12.1. The highest BCUT2D eigenvalue weighted by atomic mass is 79.9. The van der Waals surface area contributed by atoms with E-state index in [-0.39, 0.29) is 11.3 Å². The Morgan fingerprint density at radius 2 is 2.24 bits per heavy atom. The Morgan fingerprint density at radius 1 is 1.41 bits per heavy atom. The highest BCUT2D eigenvalue weighted by Gasteiger charge is 2.57. The fraction of sp³-hybridized carbons (Fsp3) is 0.577. The summed E-state index contributed by atoms with van der Waals surface area (Å²) in [6.07, 6.45) is 8.29. The van der Waals surface area contributed by atoms with Crippen molar-refractivity contribution in [3.05, 3.63) is 38.8 Å². The van der Waals surface area contributed by atoms with E-state index < -0.39 is 0 Å². The number of nitrogens with one attached hydrogen (secondary N) is 1. The van der Waals surface area contributed by atoms with E-state index in [4.69, 9.17) is 4.84 Å². The van der Waals surface area contributed by atoms with Crippen molar-refractivity contribution in [1.82, 2.24) is 4.98 Å². The van der Waals surface area contributed by atoms with Crippen molar-refractivity contribution in [3.8, 4) is 5.75 Å². The highest BCUT2D eigenvalue weighted by Crippen LogP contribution is 2.62. The first-order chi connectivity index (χ1) is 16.3. The van der Waals surface area contributed by atoms with Gasteiger partial charge in [0.05, 0.1) is 10.2 Å². The molecule has 0 aliphatic heterocycles. The van der Waals surface area contributed by atoms with Gasteiger partial charge in [-0.15, -0.1) is 11.3 Å². The monoisotopic (exact) mass is 545 g/mol. The third-order valence-corrected chi connectivity index (χ3v) is 9.94. The van der Waals surface area contributed by atoms with Crippen LogP contribution in [0, 0.1) is 30.1 Å². The molecule has 1 heterocycles. The molecule has 5 rings (SSSR count). The van der Waals surface area contributed by atoms with E-state index in [9.17, 15) is 9.90 Å². The summed E-state index contributed by atoms with van der Waals surface area (Å²) in [5.41, 5.74) is 3.84. The molecule has 2 N–H and O–H groups in total. The molecule has 1 aromatic heterocycles. The molecule has 0 spiro atoms. The van der Waals surface area contributed by atoms with Gasteiger partial charge in [-0.25, -0.2) is 4.98 Å². The molecule has 2 aromatic rings. The molecule has 2 saturated carbocycles. The number of oxime groups is 1. The molecule has 8 heteroatoms. The Kier molecular flexibility index (Phi) is 6.48. The fourth-order valence-electron chi connectivity index (χ4n) is 7.09. The van der Waals surface area contributed by atoms with Crippen LogP contribution in [0.3, 0.4) is 0 Å². The lowest BCUT2D eigenvalue weighted by Gasteiger charge is -2.50. The van der Waals surface area contributed by atoms with Crippen LogP contribution in [0.25, 0.3) is 0 Å². The number of carbonyl (C=O) groups excluding carboxylic acids is 1. The molecule has 1 amide bonds. The molecule has 5 atom stereocenters. The lowest BCUT2D eigenvalue weighted by Crippen LogP contribution is -2.44. The minimum atomic E-state index is 0.0103. The van der Waals surface area contributed by atoms with Crippen LogP contribution in [0.2, 0.25) is 0 Å². The Morgan fingerprint density at radius 3 is 2.97 bits per heavy atom. The van der Waals surface area contributed by atoms with Crippen LogP contribution in [0.4, 0.5) is 5.13 Å². The van der Waals surface area contributed by atoms with Crippen molar-refractivity contribution in [2.24, 2.45) is 28.3 Å². The molecule has 3 aliphatic rings. The van der Waals surface area contributed by atoms with Crippen molar-refractivity contribution in [2.45, 2.75) is 64.7 Å². The number of hydrogen-bond acceptors (Lipinski definition) is 6. The number of halogens is 1. The molecular weight excluding hydrogens is 514 g/mol. The number of thiazole rings is 1. The van der Waals surface area contributed by atoms with Gasteiger partial charge in [0.25, 0.3) is 0 Å². The Balaban J connectivity index is 1.39. The Bertz CT molecular complexity index is 1130. The van der Waals surface area contributed by atoms with E-state index in [1.165, 1.54) is 22.5 Å². The van der Waals surface area contributed by atoms with Gasteiger partial charge in [0.2, 0.25) is 5.91 Å². The van der Waals surface area contributed by atoms with E-state index in [0.717, 1.165) is 53.6 Å². The number of nitrogens with zero attached hydrogens (tertiary/aromatic N) is 2. The second-order valence-electron chi connectivity index (χ2n) is 10.3. The summed E-state index contributed by atoms with van der Waals surface area (Å²) in [6, 6.07) is 4.08. The highest BCUT2D eigenvalue weighted by molar-refractivity contribution is 9.10. The van der Waals surface area contributed by atoms with Crippen molar-refractivity contribution in [2.75, 3.05) is 12.4 Å². The molecule has 2 fully saturated rings. The summed E-state index contributed by atoms with van der Waals surface area (Å²) < 4.78 is 0.777. The van der Waals surface area contributed by atoms with E-state index in [0.29, 0.717) is 41.0 Å². The van der Waals surface area contributed by atoms with Gasteiger partial charge in [-0.05, 0) is 108 Å². The second kappa shape index (κ2) is 9.26. The van der Waals surface area contributed by atoms with Crippen LogP contribution in [0.5, 0.6) is 5.75 Å². The maximum absolute atomic E-state index is 12.7. The largest absolute Gasteiger partial charge is 0.507 e. The predicted molar refractivity (Wildman–Crippen MR) is 138 cm³/mol. The lowest BCUT2D eigenvalue weighted by atomic mass is 9.54. The van der Waals surface area contributed by atoms with Gasteiger partial charge in [-0.1, -0.05) is 12.1 Å². The van der Waals surface area contributed by atoms with E-state index >= 15 is 0 Å². The number of hydrogen-bond donors (Lipinski definition) is 2. The average molecular weight is 547 g/mol. The molecule has 6 nitrogen and oxygen atoms in total. The molecule has 1 aromatic carbocycles. The van der Waals surface area contributed by atoms with Crippen LogP contribution in [-0.4, -0.2) is 28.8 Å². The van der Waals surface area contributed by atoms with Crippen molar-refractivity contribution < 1.29 is 14.7 Å². The second-order valence-corrected chi connectivity index (χ2v) is 12.4. The smallest absolute Gasteiger partial charge is 0.226 e. The van der Waals surface area contributed by atoms with Gasteiger partial charge in [-0.3, -0.25) is 4.79 Å². The number of aryl methyl sites for hydroxylation is 2. The first kappa shape index (κ1) is 23.8. The molecule has 3 aliphatic carbocycles. The summed E-state index contributed by atoms with van der Waals surface area (Å²) in [5.74, 6) is 2.26. The number of carbonyl (C=O) groups is 1. The maximum Gasteiger partial charge on any atom is 0.226 e. The number of phenols is 1. The van der Waals surface area contributed by atoms with E-state index in [2.05, 4.69) is 44.4 Å². The summed E-state index contributed by atoms with van der Waals surface area (Å²) in [6.45, 7) is 4.36. The summed E-state index contributed by atoms with van der Waals surface area (Å²) in [7, 11) is 1.63. The van der Waals surface area contributed by atoms with Crippen LogP contribution in [-0.2, 0) is 16.1 Å². The maximum atomic E-state index is 12.7. The third-order valence-electron chi connectivity index (χ3n) is 8.48. The fourth-order valence-corrected chi connectivity index (χ4v) is 8.13. The molecule has 34 heavy (non-hydrogen) atoms. The Labute approximate surface area is 213 Å². The normalized spacial score (nSPS) is 31.0. The van der Waals surface area contributed by atoms with Crippen molar-refractivity contribution in [3.63, 3.8) is 0 Å². The van der Waals surface area contributed by atoms with Gasteiger partial charge in [0.1, 0.15) is 12.9 Å². The quantitative estimate of drug-likeness (QED) is 0.424. The first-order valence-corrected chi connectivity index (χ1v) is 13.7. The van der Waals surface area contributed by atoms with E-state index in [1.54, 1.807) is 13.3 Å². The van der Waals surface area contributed by atoms with Crippen LogP contribution < -0.4 is 5.32 Å². The molecule has 0 radical (unpaired) electrons. The van der Waals surface area contributed by atoms with Crippen LogP contribution in [0.15, 0.2) is 28.0 Å². The number of phenolic OH excluding ortho intramolecular Hbond substituents is 1. The average Bonchev–Trinajstić information content (AvgIpc) is 3.33. The number of aromatic nitrogens is 1. The predicted octanol–water partition coefficient (Wildman–Crippen LogP) is 6.42. The van der Waals surface area contributed by atoms with Gasteiger partial charge in [-0.2, -0.15) is 0 Å². The zero-order valence-corrected chi connectivity index (χ0v) is 22.3. The number of rotatable bonds is 5. The summed E-state index contributed by atoms with van der Waals surface area (Å²) in [5, 5.41) is 18.4. The number of benzene rings is 1. The molecule has 0 bridgehead atoms. The zero-order valence-electron chi connectivity index (χ0n) is 19.9. The summed E-state index contributed by atoms with van der Waals surface area (Å²) >= 11 is 5.04. The van der Waals surface area contributed by atoms with Crippen LogP contribution >= 0.6 is 27.3 Å². The number of amides is 1. The van der Waals surface area contributed by atoms with Gasteiger partial charge < -0.3 is 15.3 Å². The number of fused-ring (bicyclic) bond motifs is 5. The third kappa shape index (κ3) is 4.17. The standard InChI is InChI=1S/C26H32BrN3O3S/c1-14-13-28-25(34-14)29-23(32)7-5-16-11-22(30-33-3)26(2)9-8-17-18(24(16)26)6-4-15-10-21(31)20(27)12-19(15)17/h10,12-13,16-18,24,31H,4-9,11H2,1-3H3,(H,28,29,32)/b30-22+. The minimum Gasteiger partial charge on any atom is -0.507 e. The van der Waals surface area contributed by atoms with Crippen molar-refractivity contribution in [1.29, 1.82) is 0 Å². The molecular formula is C26H32BrN3O3S. The number of anilines is 1. The molecule has 0 saturated heterocycles. The molecule has 182 valence electrons. The zero-order chi connectivity index (χ0) is 24.0. The number of aromatic hydroxyl groups is 1. The van der Waals surface area contributed by atoms with Gasteiger partial charge >= 0.3 is 0 Å². The Hall–Kier alpha value is -1.93. The van der Waals surface area contributed by atoms with Gasteiger partial charge in [0, 0.05) is 22.9 Å². The van der Waals surface area contributed by atoms with E-state index in [1.807, 2.05) is 13.0 Å².